The number of rotatable bonds is 4. The Morgan fingerprint density at radius 1 is 1.32 bits per heavy atom. The maximum absolute atomic E-state index is 6.07. The van der Waals surface area contributed by atoms with Crippen molar-refractivity contribution in [2.45, 2.75) is 89.9 Å². The van der Waals surface area contributed by atoms with Gasteiger partial charge in [0.15, 0.2) is 11.8 Å². The van der Waals surface area contributed by atoms with E-state index in [0.29, 0.717) is 35.4 Å². The Balaban J connectivity index is 1.26. The molecule has 7 heteroatoms. The summed E-state index contributed by atoms with van der Waals surface area (Å²) in [6.45, 7) is 9.00. The van der Waals surface area contributed by atoms with Gasteiger partial charge in [0, 0.05) is 48.9 Å². The van der Waals surface area contributed by atoms with Crippen molar-refractivity contribution in [3.8, 4) is 0 Å². The van der Waals surface area contributed by atoms with Crippen LogP contribution in [0, 0.1) is 11.3 Å². The van der Waals surface area contributed by atoms with E-state index in [4.69, 9.17) is 19.8 Å². The topological polar surface area (TPSA) is 76.4 Å². The summed E-state index contributed by atoms with van der Waals surface area (Å²) in [5, 5.41) is 12.3. The van der Waals surface area contributed by atoms with Gasteiger partial charge in [0.2, 0.25) is 0 Å². The smallest absolute Gasteiger partial charge is 0.191 e. The van der Waals surface area contributed by atoms with Crippen LogP contribution in [0.25, 0.3) is 0 Å². The average Bonchev–Trinajstić information content (AvgIpc) is 3.23. The number of guanidine groups is 1. The summed E-state index contributed by atoms with van der Waals surface area (Å²) in [4.78, 5) is 9.49. The lowest BCUT2D eigenvalue weighted by atomic mass is 9.46. The van der Waals surface area contributed by atoms with E-state index in [1.54, 1.807) is 0 Å². The molecule has 3 heterocycles. The van der Waals surface area contributed by atoms with Crippen molar-refractivity contribution in [1.29, 1.82) is 0 Å². The SMILES string of the molecule is CCN=C(NC1CCc2nc(C(C)C)nn2C1)NC1C2CCOC2C12CCC2. The predicted octanol–water partition coefficient (Wildman–Crippen LogP) is 2.23. The minimum absolute atomic E-state index is 0.347. The van der Waals surface area contributed by atoms with Crippen LogP contribution in [-0.4, -0.2) is 52.1 Å². The van der Waals surface area contributed by atoms with Crippen molar-refractivity contribution in [2.24, 2.45) is 16.3 Å². The summed E-state index contributed by atoms with van der Waals surface area (Å²) in [6.07, 6.45) is 7.67. The average molecular weight is 387 g/mol. The molecule has 0 radical (unpaired) electrons. The maximum atomic E-state index is 6.07. The number of nitrogens with zero attached hydrogens (tertiary/aromatic N) is 4. The molecule has 0 amide bonds. The van der Waals surface area contributed by atoms with E-state index < -0.39 is 0 Å². The minimum Gasteiger partial charge on any atom is -0.377 e. The van der Waals surface area contributed by atoms with Crippen LogP contribution in [-0.2, 0) is 17.7 Å². The Morgan fingerprint density at radius 2 is 2.18 bits per heavy atom. The van der Waals surface area contributed by atoms with Gasteiger partial charge in [-0.3, -0.25) is 4.99 Å². The van der Waals surface area contributed by atoms with Crippen molar-refractivity contribution in [3.05, 3.63) is 11.6 Å². The van der Waals surface area contributed by atoms with E-state index in [1.165, 1.54) is 25.7 Å². The Labute approximate surface area is 167 Å². The van der Waals surface area contributed by atoms with Crippen LogP contribution in [0.15, 0.2) is 4.99 Å². The molecule has 1 aromatic heterocycles. The van der Waals surface area contributed by atoms with Crippen LogP contribution in [0.4, 0.5) is 0 Å². The van der Waals surface area contributed by atoms with Gasteiger partial charge >= 0.3 is 0 Å². The Hall–Kier alpha value is -1.63. The Kier molecular flexibility index (Phi) is 4.61. The van der Waals surface area contributed by atoms with Gasteiger partial charge in [0.25, 0.3) is 0 Å². The molecule has 4 aliphatic rings. The third-order valence-corrected chi connectivity index (χ3v) is 7.38. The van der Waals surface area contributed by atoms with Gasteiger partial charge in [0.05, 0.1) is 12.6 Å². The number of fused-ring (bicyclic) bond motifs is 3. The van der Waals surface area contributed by atoms with Gasteiger partial charge in [-0.25, -0.2) is 9.67 Å². The van der Waals surface area contributed by atoms with Crippen LogP contribution in [0.5, 0.6) is 0 Å². The zero-order valence-corrected chi connectivity index (χ0v) is 17.4. The third-order valence-electron chi connectivity index (χ3n) is 7.38. The molecule has 1 saturated heterocycles. The molecule has 1 aromatic rings. The second-order valence-corrected chi connectivity index (χ2v) is 9.38. The summed E-state index contributed by atoms with van der Waals surface area (Å²) in [5.41, 5.74) is 0.370. The first-order valence-electron chi connectivity index (χ1n) is 11.2. The number of aromatic nitrogens is 3. The number of aryl methyl sites for hydroxylation is 1. The molecule has 0 aromatic carbocycles. The molecule has 2 saturated carbocycles. The van der Waals surface area contributed by atoms with Crippen molar-refractivity contribution < 1.29 is 4.74 Å². The Morgan fingerprint density at radius 3 is 2.89 bits per heavy atom. The molecule has 2 aliphatic heterocycles. The van der Waals surface area contributed by atoms with E-state index in [0.717, 1.165) is 50.1 Å². The summed E-state index contributed by atoms with van der Waals surface area (Å²) < 4.78 is 8.17. The molecular weight excluding hydrogens is 352 g/mol. The van der Waals surface area contributed by atoms with Crippen LogP contribution in [0.3, 0.4) is 0 Å². The zero-order valence-electron chi connectivity index (χ0n) is 17.4. The molecule has 2 N–H and O–H groups in total. The second-order valence-electron chi connectivity index (χ2n) is 9.38. The molecule has 1 spiro atoms. The fourth-order valence-corrected chi connectivity index (χ4v) is 5.78. The highest BCUT2D eigenvalue weighted by Gasteiger charge is 2.66. The number of nitrogens with one attached hydrogen (secondary N) is 2. The lowest BCUT2D eigenvalue weighted by molar-refractivity contribution is -0.171. The predicted molar refractivity (Wildman–Crippen MR) is 108 cm³/mol. The van der Waals surface area contributed by atoms with E-state index in [9.17, 15) is 0 Å². The van der Waals surface area contributed by atoms with Gasteiger partial charge in [-0.2, -0.15) is 5.10 Å². The lowest BCUT2D eigenvalue weighted by Crippen LogP contribution is -2.72. The van der Waals surface area contributed by atoms with Gasteiger partial charge in [-0.15, -0.1) is 0 Å². The summed E-state index contributed by atoms with van der Waals surface area (Å²) >= 11 is 0. The second kappa shape index (κ2) is 7.01. The van der Waals surface area contributed by atoms with Gasteiger partial charge in [-0.05, 0) is 32.6 Å². The van der Waals surface area contributed by atoms with Crippen molar-refractivity contribution in [3.63, 3.8) is 0 Å². The zero-order chi connectivity index (χ0) is 19.3. The fourth-order valence-electron chi connectivity index (χ4n) is 5.78. The summed E-state index contributed by atoms with van der Waals surface area (Å²) in [5.74, 6) is 4.10. The van der Waals surface area contributed by atoms with Gasteiger partial charge in [-0.1, -0.05) is 20.3 Å². The van der Waals surface area contributed by atoms with Gasteiger partial charge < -0.3 is 15.4 Å². The molecule has 3 fully saturated rings. The number of hydrogen-bond donors (Lipinski definition) is 2. The lowest BCUT2D eigenvalue weighted by Gasteiger charge is -2.63. The molecular formula is C21H34N6O. The van der Waals surface area contributed by atoms with Crippen LogP contribution in [0.2, 0.25) is 0 Å². The highest BCUT2D eigenvalue weighted by Crippen LogP contribution is 2.62. The molecule has 4 unspecified atom stereocenters. The van der Waals surface area contributed by atoms with Gasteiger partial charge in [0.1, 0.15) is 5.82 Å². The van der Waals surface area contributed by atoms with Crippen molar-refractivity contribution >= 4 is 5.96 Å². The first-order valence-corrected chi connectivity index (χ1v) is 11.2. The van der Waals surface area contributed by atoms with E-state index in [-0.39, 0.29) is 0 Å². The molecule has 154 valence electrons. The quantitative estimate of drug-likeness (QED) is 0.613. The van der Waals surface area contributed by atoms with Crippen molar-refractivity contribution in [2.75, 3.05) is 13.2 Å². The molecule has 4 atom stereocenters. The number of ether oxygens (including phenoxy) is 1. The van der Waals surface area contributed by atoms with Crippen LogP contribution < -0.4 is 10.6 Å². The highest BCUT2D eigenvalue weighted by molar-refractivity contribution is 5.80. The minimum atomic E-state index is 0.347. The van der Waals surface area contributed by atoms with E-state index in [2.05, 4.69) is 36.1 Å². The molecule has 2 aliphatic carbocycles. The van der Waals surface area contributed by atoms with E-state index >= 15 is 0 Å². The van der Waals surface area contributed by atoms with E-state index in [1.807, 2.05) is 0 Å². The monoisotopic (exact) mass is 386 g/mol. The fraction of sp³-hybridized carbons (Fsp3) is 0.857. The molecule has 0 bridgehead atoms. The summed E-state index contributed by atoms with van der Waals surface area (Å²) in [6, 6.07) is 0.865. The van der Waals surface area contributed by atoms with Crippen LogP contribution >= 0.6 is 0 Å². The molecule has 5 rings (SSSR count). The Bertz CT molecular complexity index is 752. The third kappa shape index (κ3) is 2.85. The molecule has 28 heavy (non-hydrogen) atoms. The highest BCUT2D eigenvalue weighted by atomic mass is 16.5. The number of aliphatic imine (C=N–C) groups is 1. The number of hydrogen-bond acceptors (Lipinski definition) is 4. The normalized spacial score (nSPS) is 33.2. The largest absolute Gasteiger partial charge is 0.377 e. The van der Waals surface area contributed by atoms with Crippen LogP contribution in [0.1, 0.15) is 70.4 Å². The first-order chi connectivity index (χ1) is 13.6. The first kappa shape index (κ1) is 18.4. The maximum Gasteiger partial charge on any atom is 0.191 e. The standard InChI is InChI=1S/C21H34N6O/c1-4-22-20(25-17-15-8-11-28-18(15)21(17)9-5-10-21)23-14-6-7-16-24-19(13(2)3)26-27(16)12-14/h13-15,17-18H,4-12H2,1-3H3,(H2,22,23,25). The van der Waals surface area contributed by atoms with Crippen molar-refractivity contribution in [1.82, 2.24) is 25.4 Å². The molecule has 7 nitrogen and oxygen atoms in total. The summed E-state index contributed by atoms with van der Waals surface area (Å²) in [7, 11) is 0.